The zero-order valence-electron chi connectivity index (χ0n) is 5.37. The molecule has 1 unspecified atom stereocenters. The van der Waals surface area contributed by atoms with Crippen molar-refractivity contribution in [2.75, 3.05) is 0 Å². The molecule has 0 fully saturated rings. The van der Waals surface area contributed by atoms with E-state index in [-0.39, 0.29) is 0 Å². The second-order valence-corrected chi connectivity index (χ2v) is 1.77. The van der Waals surface area contributed by atoms with E-state index in [1.807, 2.05) is 0 Å². The standard InChI is InChI=1S/C6H7F4/c1-3-4(2)5(7)6(8,9)10/h3,5H,2H2,1H3. The fourth-order valence-electron chi connectivity index (χ4n) is 0.357. The van der Waals surface area contributed by atoms with E-state index in [0.29, 0.717) is 0 Å². The molecule has 0 bridgehead atoms. The number of hydrogen-bond donors (Lipinski definition) is 0. The highest BCUT2D eigenvalue weighted by Gasteiger charge is 2.40. The van der Waals surface area contributed by atoms with Crippen LogP contribution in [-0.4, -0.2) is 12.3 Å². The third-order valence-corrected chi connectivity index (χ3v) is 0.984. The van der Waals surface area contributed by atoms with Gasteiger partial charge in [-0.2, -0.15) is 13.2 Å². The van der Waals surface area contributed by atoms with E-state index in [2.05, 4.69) is 6.92 Å². The molecular formula is C6H7F4. The Balaban J connectivity index is 4.23. The fraction of sp³-hybridized carbons (Fsp3) is 0.500. The number of alkyl halides is 4. The Bertz CT molecular complexity index is 133. The Morgan fingerprint density at radius 1 is 1.50 bits per heavy atom. The molecule has 0 heterocycles. The Hall–Kier alpha value is -0.540. The summed E-state index contributed by atoms with van der Waals surface area (Å²) in [6.07, 6.45) is -6.74. The lowest BCUT2D eigenvalue weighted by Crippen LogP contribution is -2.25. The highest BCUT2D eigenvalue weighted by molar-refractivity contribution is 5.12. The molecule has 0 aromatic heterocycles. The molecule has 0 nitrogen and oxygen atoms in total. The van der Waals surface area contributed by atoms with E-state index in [0.717, 1.165) is 6.08 Å². The summed E-state index contributed by atoms with van der Waals surface area (Å²) in [6, 6.07) is 0. The van der Waals surface area contributed by atoms with Gasteiger partial charge >= 0.3 is 6.18 Å². The number of allylic oxidation sites excluding steroid dienone is 2. The molecule has 0 amide bonds. The first-order chi connectivity index (χ1) is 4.39. The summed E-state index contributed by atoms with van der Waals surface area (Å²) in [4.78, 5) is 0. The molecule has 0 aromatic rings. The maximum absolute atomic E-state index is 12.0. The van der Waals surface area contributed by atoms with Gasteiger partial charge in [0.25, 0.3) is 0 Å². The van der Waals surface area contributed by atoms with Crippen LogP contribution in [0.4, 0.5) is 17.6 Å². The van der Waals surface area contributed by atoms with Crippen molar-refractivity contribution in [2.24, 2.45) is 0 Å². The molecule has 0 aromatic carbocycles. The zero-order chi connectivity index (χ0) is 8.36. The van der Waals surface area contributed by atoms with Crippen LogP contribution in [0.5, 0.6) is 0 Å². The summed E-state index contributed by atoms with van der Waals surface area (Å²) >= 11 is 0. The third-order valence-electron chi connectivity index (χ3n) is 0.984. The van der Waals surface area contributed by atoms with Gasteiger partial charge in [0, 0.05) is 0 Å². The summed E-state index contributed by atoms with van der Waals surface area (Å²) < 4.78 is 46.3. The van der Waals surface area contributed by atoms with Crippen LogP contribution in [0, 0.1) is 6.92 Å². The first-order valence-corrected chi connectivity index (χ1v) is 2.58. The van der Waals surface area contributed by atoms with Gasteiger partial charge in [0.1, 0.15) is 0 Å². The van der Waals surface area contributed by atoms with Crippen LogP contribution in [0.15, 0.2) is 11.6 Å². The average Bonchev–Trinajstić information content (AvgIpc) is 1.83. The van der Waals surface area contributed by atoms with Crippen molar-refractivity contribution in [3.63, 3.8) is 0 Å². The predicted octanol–water partition coefficient (Wildman–Crippen LogP) is 2.67. The Morgan fingerprint density at radius 2 is 1.90 bits per heavy atom. The highest BCUT2D eigenvalue weighted by Crippen LogP contribution is 2.27. The third kappa shape index (κ3) is 2.37. The zero-order valence-corrected chi connectivity index (χ0v) is 5.37. The molecule has 0 aliphatic rings. The van der Waals surface area contributed by atoms with Gasteiger partial charge in [-0.05, 0) is 19.4 Å². The molecule has 1 atom stereocenters. The summed E-state index contributed by atoms with van der Waals surface area (Å²) in [5.41, 5.74) is -0.549. The first-order valence-electron chi connectivity index (χ1n) is 2.58. The van der Waals surface area contributed by atoms with Crippen molar-refractivity contribution in [2.45, 2.75) is 19.3 Å². The molecule has 1 radical (unpaired) electrons. The molecule has 4 heteroatoms. The number of hydrogen-bond acceptors (Lipinski definition) is 0. The van der Waals surface area contributed by atoms with E-state index < -0.39 is 17.9 Å². The van der Waals surface area contributed by atoms with Crippen molar-refractivity contribution in [1.82, 2.24) is 0 Å². The molecule has 0 rings (SSSR count). The quantitative estimate of drug-likeness (QED) is 0.510. The topological polar surface area (TPSA) is 0 Å². The Labute approximate surface area is 56.5 Å². The van der Waals surface area contributed by atoms with Crippen LogP contribution < -0.4 is 0 Å². The minimum Gasteiger partial charge on any atom is -0.233 e. The largest absolute Gasteiger partial charge is 0.423 e. The lowest BCUT2D eigenvalue weighted by molar-refractivity contribution is -0.168. The second kappa shape index (κ2) is 3.03. The van der Waals surface area contributed by atoms with Crippen LogP contribution in [0.25, 0.3) is 0 Å². The number of rotatable bonds is 1. The van der Waals surface area contributed by atoms with Gasteiger partial charge in [-0.3, -0.25) is 0 Å². The Kier molecular flexibility index (Phi) is 2.87. The fourth-order valence-corrected chi connectivity index (χ4v) is 0.357. The SMILES string of the molecule is [CH2]C(=CC)C(F)C(F)(F)F. The molecule has 0 aliphatic carbocycles. The molecule has 10 heavy (non-hydrogen) atoms. The van der Waals surface area contributed by atoms with Crippen LogP contribution in [0.1, 0.15) is 6.92 Å². The summed E-state index contributed by atoms with van der Waals surface area (Å²) in [6.45, 7) is 4.20. The average molecular weight is 155 g/mol. The molecule has 59 valence electrons. The van der Waals surface area contributed by atoms with Crippen LogP contribution in [-0.2, 0) is 0 Å². The van der Waals surface area contributed by atoms with Gasteiger partial charge < -0.3 is 0 Å². The minimum absolute atomic E-state index is 0.549. The van der Waals surface area contributed by atoms with Gasteiger partial charge in [-0.15, -0.1) is 0 Å². The molecule has 0 aliphatic heterocycles. The second-order valence-electron chi connectivity index (χ2n) is 1.77. The smallest absolute Gasteiger partial charge is 0.233 e. The molecule has 0 spiro atoms. The van der Waals surface area contributed by atoms with E-state index >= 15 is 0 Å². The van der Waals surface area contributed by atoms with Gasteiger partial charge in [-0.25, -0.2) is 4.39 Å². The molecule has 0 saturated carbocycles. The first kappa shape index (κ1) is 9.46. The minimum atomic E-state index is -4.82. The van der Waals surface area contributed by atoms with E-state index in [4.69, 9.17) is 0 Å². The van der Waals surface area contributed by atoms with Gasteiger partial charge in [0.05, 0.1) is 0 Å². The normalized spacial score (nSPS) is 17.2. The number of halogens is 4. The van der Waals surface area contributed by atoms with Crippen molar-refractivity contribution in [3.05, 3.63) is 18.6 Å². The van der Waals surface area contributed by atoms with Gasteiger partial charge in [0.15, 0.2) is 0 Å². The van der Waals surface area contributed by atoms with Crippen molar-refractivity contribution in [3.8, 4) is 0 Å². The van der Waals surface area contributed by atoms with E-state index in [1.54, 1.807) is 0 Å². The van der Waals surface area contributed by atoms with E-state index in [1.165, 1.54) is 6.92 Å². The van der Waals surface area contributed by atoms with Crippen LogP contribution >= 0.6 is 0 Å². The summed E-state index contributed by atoms with van der Waals surface area (Å²) in [5.74, 6) is 0. The molecular weight excluding hydrogens is 148 g/mol. The maximum atomic E-state index is 12.0. The summed E-state index contributed by atoms with van der Waals surface area (Å²) in [7, 11) is 0. The Morgan fingerprint density at radius 3 is 2.00 bits per heavy atom. The van der Waals surface area contributed by atoms with Crippen molar-refractivity contribution < 1.29 is 17.6 Å². The van der Waals surface area contributed by atoms with Crippen LogP contribution in [0.2, 0.25) is 0 Å². The lowest BCUT2D eigenvalue weighted by atomic mass is 10.2. The van der Waals surface area contributed by atoms with E-state index in [9.17, 15) is 17.6 Å². The van der Waals surface area contributed by atoms with Gasteiger partial charge in [-0.1, -0.05) is 6.08 Å². The molecule has 0 saturated heterocycles. The van der Waals surface area contributed by atoms with Crippen molar-refractivity contribution in [1.29, 1.82) is 0 Å². The van der Waals surface area contributed by atoms with Crippen LogP contribution in [0.3, 0.4) is 0 Å². The lowest BCUT2D eigenvalue weighted by Gasteiger charge is -2.11. The maximum Gasteiger partial charge on any atom is 0.423 e. The summed E-state index contributed by atoms with van der Waals surface area (Å²) in [5, 5.41) is 0. The van der Waals surface area contributed by atoms with Crippen molar-refractivity contribution >= 4 is 0 Å². The highest BCUT2D eigenvalue weighted by atomic mass is 19.4. The molecule has 0 N–H and O–H groups in total. The van der Waals surface area contributed by atoms with Gasteiger partial charge in [0.2, 0.25) is 6.17 Å². The monoisotopic (exact) mass is 155 g/mol. The predicted molar refractivity (Wildman–Crippen MR) is 30.1 cm³/mol.